The van der Waals surface area contributed by atoms with E-state index in [4.69, 9.17) is 13.3 Å². The lowest BCUT2D eigenvalue weighted by Crippen LogP contribution is -2.46. The minimum Gasteiger partial charge on any atom is -0.477 e. The molecular formula is C15H31AlO3. The molecule has 0 aromatic rings. The predicted molar refractivity (Wildman–Crippen MR) is 80.2 cm³/mol. The maximum atomic E-state index is 6.36. The SMILES string of the molecule is CC(C)[CH2][Al]([CH2]C(C)C)[O][C@@H]1C[C@H](C)OC(C)(C)O1. The lowest BCUT2D eigenvalue weighted by atomic mass is 10.2. The molecule has 0 aromatic heterocycles. The molecule has 1 heterocycles. The Morgan fingerprint density at radius 3 is 2.05 bits per heavy atom. The third kappa shape index (κ3) is 7.11. The first-order chi connectivity index (χ1) is 8.68. The van der Waals surface area contributed by atoms with Crippen molar-refractivity contribution in [1.82, 2.24) is 0 Å². The minimum absolute atomic E-state index is 0.0760. The Bertz CT molecular complexity index is 253. The molecule has 1 rings (SSSR count). The van der Waals surface area contributed by atoms with Crippen molar-refractivity contribution in [2.24, 2.45) is 11.8 Å². The van der Waals surface area contributed by atoms with Crippen LogP contribution in [0.4, 0.5) is 0 Å². The van der Waals surface area contributed by atoms with Crippen molar-refractivity contribution in [3.8, 4) is 0 Å². The molecule has 0 radical (unpaired) electrons. The van der Waals surface area contributed by atoms with Crippen LogP contribution in [-0.2, 0) is 13.3 Å². The maximum Gasteiger partial charge on any atom is 0.463 e. The van der Waals surface area contributed by atoms with Crippen molar-refractivity contribution in [2.75, 3.05) is 0 Å². The van der Waals surface area contributed by atoms with Crippen molar-refractivity contribution in [2.45, 2.75) is 83.6 Å². The van der Waals surface area contributed by atoms with Crippen LogP contribution in [0.25, 0.3) is 0 Å². The predicted octanol–water partition coefficient (Wildman–Crippen LogP) is 4.19. The summed E-state index contributed by atoms with van der Waals surface area (Å²) in [5.41, 5.74) is 0. The lowest BCUT2D eigenvalue weighted by molar-refractivity contribution is -0.333. The summed E-state index contributed by atoms with van der Waals surface area (Å²) in [6, 6.07) is 0. The third-order valence-electron chi connectivity index (χ3n) is 3.24. The van der Waals surface area contributed by atoms with Crippen LogP contribution in [0.5, 0.6) is 0 Å². The summed E-state index contributed by atoms with van der Waals surface area (Å²) in [7, 11) is 0. The van der Waals surface area contributed by atoms with Gasteiger partial charge in [0, 0.05) is 6.42 Å². The highest BCUT2D eigenvalue weighted by Gasteiger charge is 2.36. The van der Waals surface area contributed by atoms with Crippen molar-refractivity contribution < 1.29 is 13.3 Å². The molecule has 0 N–H and O–H groups in total. The van der Waals surface area contributed by atoms with Crippen LogP contribution in [-0.4, -0.2) is 32.7 Å². The Hall–Kier alpha value is 0.412. The van der Waals surface area contributed by atoms with E-state index in [1.54, 1.807) is 0 Å². The summed E-state index contributed by atoms with van der Waals surface area (Å²) in [4.78, 5) is 0. The molecule has 1 fully saturated rings. The molecule has 2 atom stereocenters. The smallest absolute Gasteiger partial charge is 0.463 e. The first kappa shape index (κ1) is 17.5. The highest BCUT2D eigenvalue weighted by Crippen LogP contribution is 2.29. The van der Waals surface area contributed by atoms with Crippen molar-refractivity contribution in [3.05, 3.63) is 0 Å². The van der Waals surface area contributed by atoms with Gasteiger partial charge in [0.2, 0.25) is 0 Å². The van der Waals surface area contributed by atoms with Gasteiger partial charge in [-0.1, -0.05) is 50.1 Å². The first-order valence-electron chi connectivity index (χ1n) is 7.69. The topological polar surface area (TPSA) is 27.7 Å². The molecule has 3 nitrogen and oxygen atoms in total. The van der Waals surface area contributed by atoms with Gasteiger partial charge < -0.3 is 13.3 Å². The Balaban J connectivity index is 2.56. The van der Waals surface area contributed by atoms with Gasteiger partial charge in [-0.05, 0) is 20.8 Å². The molecule has 1 aliphatic heterocycles. The van der Waals surface area contributed by atoms with Crippen LogP contribution in [0.3, 0.4) is 0 Å². The van der Waals surface area contributed by atoms with Gasteiger partial charge in [0.25, 0.3) is 0 Å². The van der Waals surface area contributed by atoms with Gasteiger partial charge in [-0.25, -0.2) is 0 Å². The van der Waals surface area contributed by atoms with E-state index < -0.39 is 20.3 Å². The maximum absolute atomic E-state index is 6.36. The summed E-state index contributed by atoms with van der Waals surface area (Å²) in [6.45, 7) is 15.2. The zero-order chi connectivity index (χ0) is 14.6. The summed E-state index contributed by atoms with van der Waals surface area (Å²) < 4.78 is 18.0. The summed E-state index contributed by atoms with van der Waals surface area (Å²) in [6.07, 6.45) is 0.984. The molecule has 0 saturated carbocycles. The summed E-state index contributed by atoms with van der Waals surface area (Å²) >= 11 is -1.19. The lowest BCUT2D eigenvalue weighted by Gasteiger charge is -2.41. The third-order valence-corrected chi connectivity index (χ3v) is 6.86. The van der Waals surface area contributed by atoms with Gasteiger partial charge in [-0.15, -0.1) is 0 Å². The van der Waals surface area contributed by atoms with E-state index in [2.05, 4.69) is 34.6 Å². The summed E-state index contributed by atoms with van der Waals surface area (Å²) in [5.74, 6) is 0.901. The minimum atomic E-state index is -1.19. The Kier molecular flexibility index (Phi) is 6.83. The fourth-order valence-electron chi connectivity index (χ4n) is 2.75. The zero-order valence-electron chi connectivity index (χ0n) is 13.7. The molecule has 0 unspecified atom stereocenters. The highest BCUT2D eigenvalue weighted by molar-refractivity contribution is 6.52. The van der Waals surface area contributed by atoms with Gasteiger partial charge in [0.15, 0.2) is 5.79 Å². The molecule has 4 heteroatoms. The van der Waals surface area contributed by atoms with E-state index in [0.29, 0.717) is 11.8 Å². The normalized spacial score (nSPS) is 27.0. The molecule has 0 amide bonds. The van der Waals surface area contributed by atoms with Crippen molar-refractivity contribution in [1.29, 1.82) is 0 Å². The second-order valence-corrected chi connectivity index (χ2v) is 9.59. The van der Waals surface area contributed by atoms with E-state index in [-0.39, 0.29) is 12.4 Å². The molecule has 112 valence electrons. The number of ether oxygens (including phenoxy) is 2. The van der Waals surface area contributed by atoms with Gasteiger partial charge in [-0.2, -0.15) is 0 Å². The largest absolute Gasteiger partial charge is 0.477 e. The van der Waals surface area contributed by atoms with E-state index in [1.165, 1.54) is 10.6 Å². The van der Waals surface area contributed by atoms with Crippen LogP contribution in [0.15, 0.2) is 0 Å². The van der Waals surface area contributed by atoms with E-state index in [0.717, 1.165) is 6.42 Å². The molecule has 19 heavy (non-hydrogen) atoms. The van der Waals surface area contributed by atoms with Crippen molar-refractivity contribution in [3.63, 3.8) is 0 Å². The van der Waals surface area contributed by atoms with Crippen molar-refractivity contribution >= 4 is 14.5 Å². The van der Waals surface area contributed by atoms with E-state index in [1.807, 2.05) is 13.8 Å². The van der Waals surface area contributed by atoms with Gasteiger partial charge >= 0.3 is 14.5 Å². The number of hydrogen-bond donors (Lipinski definition) is 0. The average molecular weight is 286 g/mol. The van der Waals surface area contributed by atoms with Crippen LogP contribution < -0.4 is 0 Å². The average Bonchev–Trinajstić information content (AvgIpc) is 2.10. The van der Waals surface area contributed by atoms with Crippen LogP contribution in [0, 0.1) is 11.8 Å². The summed E-state index contributed by atoms with van der Waals surface area (Å²) in [5, 5.41) is 2.46. The van der Waals surface area contributed by atoms with E-state index in [9.17, 15) is 0 Å². The fraction of sp³-hybridized carbons (Fsp3) is 1.00. The Labute approximate surface area is 123 Å². The van der Waals surface area contributed by atoms with Crippen LogP contribution in [0.2, 0.25) is 10.6 Å². The monoisotopic (exact) mass is 286 g/mol. The molecule has 0 bridgehead atoms. The quantitative estimate of drug-likeness (QED) is 0.685. The number of hydrogen-bond acceptors (Lipinski definition) is 3. The van der Waals surface area contributed by atoms with Gasteiger partial charge in [0.05, 0.1) is 6.10 Å². The van der Waals surface area contributed by atoms with Crippen LogP contribution in [0.1, 0.15) is 54.9 Å². The Morgan fingerprint density at radius 2 is 1.63 bits per heavy atom. The molecule has 1 aliphatic rings. The molecule has 0 aliphatic carbocycles. The second-order valence-electron chi connectivity index (χ2n) is 7.13. The van der Waals surface area contributed by atoms with E-state index >= 15 is 0 Å². The number of rotatable bonds is 6. The molecule has 0 aromatic carbocycles. The van der Waals surface area contributed by atoms with Gasteiger partial charge in [-0.3, -0.25) is 0 Å². The molecule has 0 spiro atoms. The molecular weight excluding hydrogens is 255 g/mol. The molecule has 1 saturated heterocycles. The highest BCUT2D eigenvalue weighted by atomic mass is 27.2. The van der Waals surface area contributed by atoms with Crippen LogP contribution >= 0.6 is 0 Å². The Morgan fingerprint density at radius 1 is 1.11 bits per heavy atom. The second kappa shape index (κ2) is 7.43. The zero-order valence-corrected chi connectivity index (χ0v) is 14.9. The van der Waals surface area contributed by atoms with Gasteiger partial charge in [0.1, 0.15) is 6.29 Å². The fourth-order valence-corrected chi connectivity index (χ4v) is 5.87. The first-order valence-corrected chi connectivity index (χ1v) is 9.79. The standard InChI is InChI=1S/C7H13O3.2C4H9.Al/c1-5-4-6(8)10-7(2,3)9-5;2*1-4(2)3;/h5-6H,4H2,1-3H3;2*4H,1H2,2-3H3;/q-1;;;+1/t5-,6-;;;/m0.../s1.